The lowest BCUT2D eigenvalue weighted by Crippen LogP contribution is -2.22. The third-order valence-corrected chi connectivity index (χ3v) is 3.19. The molecule has 5 nitrogen and oxygen atoms in total. The Balaban J connectivity index is 2.50. The summed E-state index contributed by atoms with van der Waals surface area (Å²) in [5.74, 6) is 0.379. The number of aliphatic imine (C=N–C) groups is 1. The van der Waals surface area contributed by atoms with E-state index in [0.717, 1.165) is 24.0 Å². The largest absolute Gasteiger partial charge is 0.383 e. The van der Waals surface area contributed by atoms with E-state index < -0.39 is 0 Å². The van der Waals surface area contributed by atoms with Crippen molar-refractivity contribution in [2.45, 2.75) is 19.8 Å². The van der Waals surface area contributed by atoms with Crippen molar-refractivity contribution < 1.29 is 4.79 Å². The summed E-state index contributed by atoms with van der Waals surface area (Å²) in [6, 6.07) is 9.51. The quantitative estimate of drug-likeness (QED) is 0.653. The maximum absolute atomic E-state index is 11.2. The Labute approximate surface area is 118 Å². The van der Waals surface area contributed by atoms with Gasteiger partial charge in [0.1, 0.15) is 23.3 Å². The number of carbonyl (C=O) groups excluding carboxylic acids is 1. The van der Waals surface area contributed by atoms with Crippen LogP contribution >= 0.6 is 0 Å². The molecule has 0 fully saturated rings. The van der Waals surface area contributed by atoms with Gasteiger partial charge in [-0.1, -0.05) is 37.6 Å². The van der Waals surface area contributed by atoms with Gasteiger partial charge in [0.2, 0.25) is 6.41 Å². The highest BCUT2D eigenvalue weighted by atomic mass is 16.1. The van der Waals surface area contributed by atoms with Gasteiger partial charge in [0.05, 0.1) is 0 Å². The Kier molecular flexibility index (Phi) is 4.16. The number of allylic oxidation sites excluding steroid dienone is 1. The summed E-state index contributed by atoms with van der Waals surface area (Å²) in [5.41, 5.74) is 8.20. The van der Waals surface area contributed by atoms with E-state index in [1.54, 1.807) is 0 Å². The second-order valence-electron chi connectivity index (χ2n) is 4.50. The van der Waals surface area contributed by atoms with Crippen molar-refractivity contribution in [2.24, 2.45) is 10.7 Å². The number of hydrogen-bond donors (Lipinski definition) is 1. The normalized spacial score (nSPS) is 15.1. The van der Waals surface area contributed by atoms with Crippen LogP contribution in [0, 0.1) is 11.3 Å². The summed E-state index contributed by atoms with van der Waals surface area (Å²) in [6.07, 6.45) is 2.45. The number of amides is 1. The fourth-order valence-corrected chi connectivity index (χ4v) is 2.13. The Bertz CT molecular complexity index is 625. The molecular weight excluding hydrogens is 252 g/mol. The number of amidine groups is 1. The fourth-order valence-electron chi connectivity index (χ4n) is 2.13. The van der Waals surface area contributed by atoms with Crippen LogP contribution in [0.25, 0.3) is 5.70 Å². The number of benzene rings is 1. The molecule has 102 valence electrons. The summed E-state index contributed by atoms with van der Waals surface area (Å²) in [5, 5.41) is 9.38. The Morgan fingerprint density at radius 2 is 2.15 bits per heavy atom. The van der Waals surface area contributed by atoms with Crippen LogP contribution in [0.4, 0.5) is 0 Å². The molecule has 2 N–H and O–H groups in total. The highest BCUT2D eigenvalue weighted by molar-refractivity contribution is 6.09. The molecule has 5 heteroatoms. The van der Waals surface area contributed by atoms with E-state index >= 15 is 0 Å². The Morgan fingerprint density at radius 1 is 1.45 bits per heavy atom. The van der Waals surface area contributed by atoms with Crippen LogP contribution < -0.4 is 5.73 Å². The minimum atomic E-state index is 0.251. The molecule has 1 aliphatic rings. The zero-order valence-electron chi connectivity index (χ0n) is 11.3. The van der Waals surface area contributed by atoms with E-state index in [1.165, 1.54) is 4.90 Å². The number of fused-ring (bicyclic) bond motifs is 1. The van der Waals surface area contributed by atoms with Gasteiger partial charge in [0, 0.05) is 17.7 Å². The van der Waals surface area contributed by atoms with Crippen LogP contribution in [-0.4, -0.2) is 23.7 Å². The lowest BCUT2D eigenvalue weighted by atomic mass is 10.1. The molecule has 2 rings (SSSR count). The van der Waals surface area contributed by atoms with E-state index in [4.69, 9.17) is 5.73 Å². The molecule has 0 bridgehead atoms. The molecule has 20 heavy (non-hydrogen) atoms. The fraction of sp³-hybridized carbons (Fsp3) is 0.267. The van der Waals surface area contributed by atoms with E-state index in [0.29, 0.717) is 24.5 Å². The third-order valence-electron chi connectivity index (χ3n) is 3.19. The first-order chi connectivity index (χ1) is 9.72. The maximum Gasteiger partial charge on any atom is 0.214 e. The summed E-state index contributed by atoms with van der Waals surface area (Å²) in [7, 11) is 0. The Morgan fingerprint density at radius 3 is 2.75 bits per heavy atom. The summed E-state index contributed by atoms with van der Waals surface area (Å²) in [4.78, 5) is 16.9. The molecule has 1 aromatic rings. The first-order valence-electron chi connectivity index (χ1n) is 6.53. The number of hydrogen-bond acceptors (Lipinski definition) is 4. The number of unbranched alkanes of at least 4 members (excludes halogenated alkanes) is 1. The average Bonchev–Trinajstić information content (AvgIpc) is 2.81. The number of carbonyl (C=O) groups is 1. The molecule has 0 unspecified atom stereocenters. The van der Waals surface area contributed by atoms with Gasteiger partial charge in [-0.15, -0.1) is 0 Å². The Hall–Kier alpha value is -2.61. The molecule has 0 aliphatic carbocycles. The zero-order chi connectivity index (χ0) is 14.5. The molecule has 0 atom stereocenters. The van der Waals surface area contributed by atoms with E-state index in [9.17, 15) is 10.1 Å². The van der Waals surface area contributed by atoms with Crippen molar-refractivity contribution in [3.63, 3.8) is 0 Å². The number of nitrogens with two attached hydrogens (primary N) is 1. The number of nitrogens with zero attached hydrogens (tertiary/aromatic N) is 3. The lowest BCUT2D eigenvalue weighted by Gasteiger charge is -2.16. The highest BCUT2D eigenvalue weighted by Gasteiger charge is 2.23. The summed E-state index contributed by atoms with van der Waals surface area (Å²) < 4.78 is 0. The molecule has 1 heterocycles. The smallest absolute Gasteiger partial charge is 0.214 e. The molecule has 1 aromatic carbocycles. The van der Waals surface area contributed by atoms with Gasteiger partial charge in [0.15, 0.2) is 0 Å². The summed E-state index contributed by atoms with van der Waals surface area (Å²) >= 11 is 0. The second-order valence-corrected chi connectivity index (χ2v) is 4.50. The van der Waals surface area contributed by atoms with Crippen molar-refractivity contribution in [2.75, 3.05) is 6.54 Å². The topological polar surface area (TPSA) is 82.5 Å². The molecular formula is C15H16N4O. The van der Waals surface area contributed by atoms with Crippen LogP contribution in [0.2, 0.25) is 0 Å². The van der Waals surface area contributed by atoms with Gasteiger partial charge >= 0.3 is 0 Å². The average molecular weight is 268 g/mol. The van der Waals surface area contributed by atoms with E-state index in [-0.39, 0.29) is 5.70 Å². The summed E-state index contributed by atoms with van der Waals surface area (Å²) in [6.45, 7) is 2.53. The highest BCUT2D eigenvalue weighted by Crippen LogP contribution is 2.30. The minimum Gasteiger partial charge on any atom is -0.383 e. The molecule has 1 aliphatic heterocycles. The van der Waals surface area contributed by atoms with Gasteiger partial charge in [-0.25, -0.2) is 4.99 Å². The van der Waals surface area contributed by atoms with Crippen LogP contribution in [0.5, 0.6) is 0 Å². The zero-order valence-corrected chi connectivity index (χ0v) is 11.3. The van der Waals surface area contributed by atoms with Crippen LogP contribution in [0.3, 0.4) is 0 Å². The van der Waals surface area contributed by atoms with Gasteiger partial charge in [-0.05, 0) is 6.42 Å². The number of rotatable bonds is 5. The first-order valence-corrected chi connectivity index (χ1v) is 6.53. The van der Waals surface area contributed by atoms with Gasteiger partial charge in [0.25, 0.3) is 0 Å². The first kappa shape index (κ1) is 13.8. The molecule has 1 amide bonds. The molecule has 0 saturated carbocycles. The van der Waals surface area contributed by atoms with Gasteiger partial charge in [-0.3, -0.25) is 4.79 Å². The second kappa shape index (κ2) is 6.02. The van der Waals surface area contributed by atoms with Gasteiger partial charge < -0.3 is 10.6 Å². The number of nitriles is 1. The maximum atomic E-state index is 11.2. The molecule has 0 radical (unpaired) electrons. The monoisotopic (exact) mass is 268 g/mol. The molecule has 0 saturated heterocycles. The van der Waals surface area contributed by atoms with Crippen LogP contribution in [0.15, 0.2) is 35.0 Å². The standard InChI is InChI=1S/C15H16N4O/c1-2-3-8-19(10-20)13(9-16)14-11-6-4-5-7-12(11)15(17)18-14/h4-7,10H,2-3,8H2,1H3,(H2,17,18). The predicted molar refractivity (Wildman–Crippen MR) is 77.4 cm³/mol. The minimum absolute atomic E-state index is 0.251. The third kappa shape index (κ3) is 2.41. The van der Waals surface area contributed by atoms with Crippen molar-refractivity contribution in [1.29, 1.82) is 5.26 Å². The van der Waals surface area contributed by atoms with Crippen molar-refractivity contribution in [3.8, 4) is 6.07 Å². The van der Waals surface area contributed by atoms with E-state index in [1.807, 2.05) is 31.2 Å². The SMILES string of the molecule is CCCCN(C=O)C(C#N)=C1N=C(N)c2ccccc21. The van der Waals surface area contributed by atoms with Crippen LogP contribution in [0.1, 0.15) is 30.9 Å². The van der Waals surface area contributed by atoms with Crippen molar-refractivity contribution in [1.82, 2.24) is 4.90 Å². The van der Waals surface area contributed by atoms with Crippen molar-refractivity contribution >= 4 is 17.9 Å². The molecule has 0 aromatic heterocycles. The van der Waals surface area contributed by atoms with E-state index in [2.05, 4.69) is 11.1 Å². The lowest BCUT2D eigenvalue weighted by molar-refractivity contribution is -0.116. The molecule has 0 spiro atoms. The van der Waals surface area contributed by atoms with Crippen molar-refractivity contribution in [3.05, 3.63) is 41.1 Å². The van der Waals surface area contributed by atoms with Crippen LogP contribution in [-0.2, 0) is 4.79 Å². The predicted octanol–water partition coefficient (Wildman–Crippen LogP) is 1.86. The van der Waals surface area contributed by atoms with Gasteiger partial charge in [-0.2, -0.15) is 5.26 Å².